The van der Waals surface area contributed by atoms with E-state index >= 15 is 0 Å². The van der Waals surface area contributed by atoms with Gasteiger partial charge in [-0.2, -0.15) is 0 Å². The van der Waals surface area contributed by atoms with E-state index in [9.17, 15) is 19.5 Å². The normalized spacial score (nSPS) is 12.8. The minimum Gasteiger partial charge on any atom is -0.489 e. The molecular weight excluding hydrogens is 777 g/mol. The number of hydrogen-bond acceptors (Lipinski definition) is 7. The SMILES string of the molecule is C=CCCCC(Cc1ccccc1)C(=O)OCC(Cc1ccc(OCc2ccccc2)cc1)NC(=O)C(CC=C)CC(=O)NC(CO)Cc1ccc(OCc2ccccc2)cc1. The molecule has 0 saturated heterocycles. The van der Waals surface area contributed by atoms with Crippen LogP contribution in [0.5, 0.6) is 11.5 Å². The van der Waals surface area contributed by atoms with Crippen LogP contribution in [0.25, 0.3) is 0 Å². The van der Waals surface area contributed by atoms with E-state index in [0.717, 1.165) is 40.7 Å². The third kappa shape index (κ3) is 16.5. The first-order chi connectivity index (χ1) is 30.3. The van der Waals surface area contributed by atoms with Gasteiger partial charge in [0.05, 0.1) is 30.5 Å². The molecule has 0 bridgehead atoms. The van der Waals surface area contributed by atoms with Crippen molar-refractivity contribution >= 4 is 17.8 Å². The molecule has 5 aromatic rings. The summed E-state index contributed by atoms with van der Waals surface area (Å²) in [4.78, 5) is 41.1. The van der Waals surface area contributed by atoms with Crippen LogP contribution in [0.2, 0.25) is 0 Å². The van der Waals surface area contributed by atoms with Gasteiger partial charge in [0.25, 0.3) is 0 Å². The minimum absolute atomic E-state index is 0.0563. The van der Waals surface area contributed by atoms with Gasteiger partial charge in [0.15, 0.2) is 0 Å². The zero-order chi connectivity index (χ0) is 43.8. The lowest BCUT2D eigenvalue weighted by atomic mass is 9.94. The number of rotatable bonds is 27. The predicted molar refractivity (Wildman–Crippen MR) is 244 cm³/mol. The topological polar surface area (TPSA) is 123 Å². The quantitative estimate of drug-likeness (QED) is 0.0274. The largest absolute Gasteiger partial charge is 0.489 e. The van der Waals surface area contributed by atoms with E-state index in [1.54, 1.807) is 6.08 Å². The second-order valence-electron chi connectivity index (χ2n) is 15.6. The van der Waals surface area contributed by atoms with Crippen molar-refractivity contribution < 1.29 is 33.7 Å². The Morgan fingerprint density at radius 1 is 0.581 bits per heavy atom. The molecule has 0 aliphatic heterocycles. The maximum atomic E-state index is 14.0. The molecule has 0 fully saturated rings. The van der Waals surface area contributed by atoms with Crippen LogP contribution in [0, 0.1) is 11.8 Å². The molecule has 4 unspecified atom stereocenters. The van der Waals surface area contributed by atoms with Crippen LogP contribution in [0.3, 0.4) is 0 Å². The molecule has 9 nitrogen and oxygen atoms in total. The van der Waals surface area contributed by atoms with E-state index in [0.29, 0.717) is 50.4 Å². The molecule has 5 aromatic carbocycles. The standard InChI is InChI=1S/C53H60N2O7/c1-3-5-9-23-46(32-40-17-10-6-11-18-40)53(59)62-39-48(34-42-26-30-50(31-27-42)61-38-44-21-14-8-15-22-44)55-52(58)45(16-4-2)35-51(57)54-47(36-56)33-41-24-28-49(29-25-41)60-37-43-19-12-7-13-20-43/h3-4,6-8,10-15,17-22,24-31,45-48,56H,1-2,5,9,16,23,32-39H2,(H,54,57)(H,55,58). The summed E-state index contributed by atoms with van der Waals surface area (Å²) in [5, 5.41) is 16.2. The Bertz CT molecular complexity index is 2090. The molecule has 0 aliphatic carbocycles. The van der Waals surface area contributed by atoms with Gasteiger partial charge in [-0.1, -0.05) is 127 Å². The Kier molecular flexibility index (Phi) is 19.6. The van der Waals surface area contributed by atoms with Gasteiger partial charge in [-0.05, 0) is 97.0 Å². The average molecular weight is 837 g/mol. The maximum Gasteiger partial charge on any atom is 0.309 e. The second-order valence-corrected chi connectivity index (χ2v) is 15.6. The highest BCUT2D eigenvalue weighted by Crippen LogP contribution is 2.21. The first-order valence-corrected chi connectivity index (χ1v) is 21.5. The smallest absolute Gasteiger partial charge is 0.309 e. The van der Waals surface area contributed by atoms with Crippen molar-refractivity contribution in [2.45, 2.75) is 76.7 Å². The lowest BCUT2D eigenvalue weighted by Crippen LogP contribution is -2.45. The van der Waals surface area contributed by atoms with E-state index in [1.807, 2.05) is 146 Å². The monoisotopic (exact) mass is 836 g/mol. The van der Waals surface area contributed by atoms with Crippen LogP contribution in [-0.4, -0.2) is 48.2 Å². The third-order valence-electron chi connectivity index (χ3n) is 10.5. The van der Waals surface area contributed by atoms with Crippen LogP contribution >= 0.6 is 0 Å². The Hall–Kier alpha value is -6.45. The molecule has 324 valence electrons. The number of benzene rings is 5. The maximum absolute atomic E-state index is 14.0. The number of nitrogens with one attached hydrogen (secondary N) is 2. The number of carbonyl (C=O) groups excluding carboxylic acids is 3. The van der Waals surface area contributed by atoms with Crippen molar-refractivity contribution in [2.24, 2.45) is 11.8 Å². The van der Waals surface area contributed by atoms with Crippen molar-refractivity contribution in [3.8, 4) is 11.5 Å². The van der Waals surface area contributed by atoms with Crippen molar-refractivity contribution in [3.05, 3.63) is 193 Å². The fourth-order valence-electron chi connectivity index (χ4n) is 7.13. The molecule has 5 rings (SSSR count). The number of allylic oxidation sites excluding steroid dienone is 2. The van der Waals surface area contributed by atoms with Crippen LogP contribution < -0.4 is 20.1 Å². The fourth-order valence-corrected chi connectivity index (χ4v) is 7.13. The minimum atomic E-state index is -0.746. The number of hydrogen-bond donors (Lipinski definition) is 3. The molecular formula is C53H60N2O7. The van der Waals surface area contributed by atoms with E-state index < -0.39 is 18.0 Å². The highest BCUT2D eigenvalue weighted by molar-refractivity contribution is 5.86. The summed E-state index contributed by atoms with van der Waals surface area (Å²) in [6.07, 6.45) is 7.11. The van der Waals surface area contributed by atoms with E-state index in [2.05, 4.69) is 23.8 Å². The fraction of sp³-hybridized carbons (Fsp3) is 0.302. The Labute approximate surface area is 366 Å². The summed E-state index contributed by atoms with van der Waals surface area (Å²) >= 11 is 0. The van der Waals surface area contributed by atoms with Gasteiger partial charge in [0.2, 0.25) is 11.8 Å². The lowest BCUT2D eigenvalue weighted by Gasteiger charge is -2.24. The molecule has 2 amide bonds. The number of amides is 2. The highest BCUT2D eigenvalue weighted by atomic mass is 16.5. The Morgan fingerprint density at radius 2 is 1.08 bits per heavy atom. The second kappa shape index (κ2) is 26.0. The number of aliphatic hydroxyl groups excluding tert-OH is 1. The number of esters is 1. The molecule has 0 heterocycles. The molecule has 9 heteroatoms. The summed E-state index contributed by atoms with van der Waals surface area (Å²) in [7, 11) is 0. The average Bonchev–Trinajstić information content (AvgIpc) is 3.30. The lowest BCUT2D eigenvalue weighted by molar-refractivity contribution is -0.150. The van der Waals surface area contributed by atoms with E-state index in [1.165, 1.54) is 0 Å². The predicted octanol–water partition coefficient (Wildman–Crippen LogP) is 8.93. The zero-order valence-corrected chi connectivity index (χ0v) is 35.5. The van der Waals surface area contributed by atoms with Gasteiger partial charge < -0.3 is 30.0 Å². The van der Waals surface area contributed by atoms with Gasteiger partial charge in [0.1, 0.15) is 31.3 Å². The summed E-state index contributed by atoms with van der Waals surface area (Å²) in [6, 6.07) is 43.7. The Balaban J connectivity index is 1.21. The summed E-state index contributed by atoms with van der Waals surface area (Å²) in [5.74, 6) is -0.742. The van der Waals surface area contributed by atoms with Gasteiger partial charge in [0, 0.05) is 6.42 Å². The first-order valence-electron chi connectivity index (χ1n) is 21.5. The molecule has 0 aliphatic rings. The van der Waals surface area contributed by atoms with Crippen LogP contribution in [0.1, 0.15) is 59.9 Å². The summed E-state index contributed by atoms with van der Waals surface area (Å²) in [5.41, 5.74) is 4.99. The summed E-state index contributed by atoms with van der Waals surface area (Å²) < 4.78 is 17.9. The summed E-state index contributed by atoms with van der Waals surface area (Å²) in [6.45, 7) is 8.22. The van der Waals surface area contributed by atoms with Gasteiger partial charge in [-0.3, -0.25) is 14.4 Å². The van der Waals surface area contributed by atoms with Gasteiger partial charge in [-0.25, -0.2) is 0 Å². The van der Waals surface area contributed by atoms with E-state index in [-0.39, 0.29) is 49.8 Å². The molecule has 0 aromatic heterocycles. The van der Waals surface area contributed by atoms with Crippen LogP contribution in [0.15, 0.2) is 165 Å². The van der Waals surface area contributed by atoms with E-state index in [4.69, 9.17) is 14.2 Å². The zero-order valence-electron chi connectivity index (χ0n) is 35.5. The first kappa shape index (κ1) is 46.6. The molecule has 0 spiro atoms. The number of unbranched alkanes of at least 4 members (excludes halogenated alkanes) is 1. The highest BCUT2D eigenvalue weighted by Gasteiger charge is 2.27. The van der Waals surface area contributed by atoms with Crippen LogP contribution in [-0.2, 0) is 51.6 Å². The Morgan fingerprint density at radius 3 is 1.58 bits per heavy atom. The molecule has 4 atom stereocenters. The molecule has 0 saturated carbocycles. The van der Waals surface area contributed by atoms with Crippen molar-refractivity contribution in [3.63, 3.8) is 0 Å². The molecule has 0 radical (unpaired) electrons. The van der Waals surface area contributed by atoms with Crippen molar-refractivity contribution in [1.29, 1.82) is 0 Å². The molecule has 3 N–H and O–H groups in total. The van der Waals surface area contributed by atoms with Crippen molar-refractivity contribution in [2.75, 3.05) is 13.2 Å². The van der Waals surface area contributed by atoms with Crippen LogP contribution in [0.4, 0.5) is 0 Å². The van der Waals surface area contributed by atoms with Crippen molar-refractivity contribution in [1.82, 2.24) is 10.6 Å². The number of aliphatic hydroxyl groups is 1. The third-order valence-corrected chi connectivity index (χ3v) is 10.5. The molecule has 62 heavy (non-hydrogen) atoms. The number of carbonyl (C=O) groups is 3. The van der Waals surface area contributed by atoms with Gasteiger partial charge >= 0.3 is 5.97 Å². The number of ether oxygens (including phenoxy) is 3. The van der Waals surface area contributed by atoms with Gasteiger partial charge in [-0.15, -0.1) is 13.2 Å².